The van der Waals surface area contributed by atoms with Crippen LogP contribution in [0.4, 0.5) is 13.2 Å². The Labute approximate surface area is 112 Å². The van der Waals surface area contributed by atoms with Gasteiger partial charge in [-0.3, -0.25) is 4.79 Å². The Kier molecular flexibility index (Phi) is 3.62. The van der Waals surface area contributed by atoms with E-state index in [2.05, 4.69) is 0 Å². The van der Waals surface area contributed by atoms with Crippen LogP contribution in [0, 0.1) is 24.4 Å². The fourth-order valence-corrected chi connectivity index (χ4v) is 1.92. The third kappa shape index (κ3) is 2.49. The summed E-state index contributed by atoms with van der Waals surface area (Å²) in [6, 6.07) is 5.41. The highest BCUT2D eigenvalue weighted by Crippen LogP contribution is 2.24. The molecule has 19 heavy (non-hydrogen) atoms. The lowest BCUT2D eigenvalue weighted by molar-refractivity contribution is 0.103. The molecule has 0 atom stereocenters. The molecule has 0 N–H and O–H groups in total. The van der Waals surface area contributed by atoms with E-state index in [1.54, 1.807) is 13.0 Å². The normalized spacial score (nSPS) is 10.6. The topological polar surface area (TPSA) is 17.1 Å². The van der Waals surface area contributed by atoms with Crippen molar-refractivity contribution >= 4 is 17.4 Å². The van der Waals surface area contributed by atoms with Gasteiger partial charge in [0.25, 0.3) is 0 Å². The lowest BCUT2D eigenvalue weighted by Gasteiger charge is -2.08. The average molecular weight is 285 g/mol. The fourth-order valence-electron chi connectivity index (χ4n) is 1.75. The number of hydrogen-bond acceptors (Lipinski definition) is 1. The molecular weight excluding hydrogens is 277 g/mol. The highest BCUT2D eigenvalue weighted by Gasteiger charge is 2.22. The quantitative estimate of drug-likeness (QED) is 0.752. The molecule has 0 amide bonds. The van der Waals surface area contributed by atoms with Crippen LogP contribution in [-0.2, 0) is 0 Å². The molecule has 2 aromatic rings. The molecular formula is C14H8ClF3O. The predicted molar refractivity (Wildman–Crippen MR) is 65.9 cm³/mol. The molecule has 5 heteroatoms. The largest absolute Gasteiger partial charge is 0.288 e. The third-order valence-corrected chi connectivity index (χ3v) is 3.16. The standard InChI is InChI=1S/C14H8ClF3O/c1-7-9(3-2-4-10(7)15)14(19)13-11(17)5-8(16)6-12(13)18/h2-6H,1H3. The average Bonchev–Trinajstić information content (AvgIpc) is 2.31. The summed E-state index contributed by atoms with van der Waals surface area (Å²) in [4.78, 5) is 12.1. The fraction of sp³-hybridized carbons (Fsp3) is 0.0714. The highest BCUT2D eigenvalue weighted by atomic mass is 35.5. The van der Waals surface area contributed by atoms with Crippen LogP contribution in [0.25, 0.3) is 0 Å². The van der Waals surface area contributed by atoms with E-state index in [1.165, 1.54) is 12.1 Å². The van der Waals surface area contributed by atoms with Gasteiger partial charge in [0.05, 0.1) is 5.56 Å². The summed E-state index contributed by atoms with van der Waals surface area (Å²) in [6.45, 7) is 1.56. The first-order chi connectivity index (χ1) is 8.91. The van der Waals surface area contributed by atoms with Gasteiger partial charge in [-0.2, -0.15) is 0 Å². The summed E-state index contributed by atoms with van der Waals surface area (Å²) in [6.07, 6.45) is 0. The van der Waals surface area contributed by atoms with E-state index < -0.39 is 28.8 Å². The number of halogens is 4. The molecule has 1 nitrogen and oxygen atoms in total. The van der Waals surface area contributed by atoms with E-state index in [0.29, 0.717) is 22.7 Å². The molecule has 2 rings (SSSR count). The number of benzene rings is 2. The van der Waals surface area contributed by atoms with Crippen molar-refractivity contribution in [1.29, 1.82) is 0 Å². The zero-order valence-corrected chi connectivity index (χ0v) is 10.6. The summed E-state index contributed by atoms with van der Waals surface area (Å²) < 4.78 is 39.9. The summed E-state index contributed by atoms with van der Waals surface area (Å²) in [5.41, 5.74) is -0.291. The molecule has 0 unspecified atom stereocenters. The van der Waals surface area contributed by atoms with E-state index in [9.17, 15) is 18.0 Å². The second-order valence-electron chi connectivity index (χ2n) is 3.99. The Morgan fingerprint density at radius 2 is 1.68 bits per heavy atom. The van der Waals surface area contributed by atoms with Gasteiger partial charge >= 0.3 is 0 Å². The minimum absolute atomic E-state index is 0.0805. The van der Waals surface area contributed by atoms with E-state index in [4.69, 9.17) is 11.6 Å². The zero-order valence-electron chi connectivity index (χ0n) is 9.81. The van der Waals surface area contributed by atoms with E-state index in [0.717, 1.165) is 0 Å². The molecule has 0 aromatic heterocycles. The van der Waals surface area contributed by atoms with Crippen LogP contribution in [0.5, 0.6) is 0 Å². The molecule has 0 fully saturated rings. The smallest absolute Gasteiger partial charge is 0.199 e. The monoisotopic (exact) mass is 284 g/mol. The van der Waals surface area contributed by atoms with Gasteiger partial charge in [-0.1, -0.05) is 23.7 Å². The van der Waals surface area contributed by atoms with Gasteiger partial charge in [-0.15, -0.1) is 0 Å². The maximum atomic E-state index is 13.5. The van der Waals surface area contributed by atoms with Crippen LogP contribution in [0.15, 0.2) is 30.3 Å². The number of carbonyl (C=O) groups excluding carboxylic acids is 1. The van der Waals surface area contributed by atoms with Crippen LogP contribution in [0.2, 0.25) is 5.02 Å². The second kappa shape index (κ2) is 5.05. The molecule has 0 aliphatic carbocycles. The Morgan fingerprint density at radius 3 is 2.26 bits per heavy atom. The van der Waals surface area contributed by atoms with Crippen LogP contribution >= 0.6 is 11.6 Å². The second-order valence-corrected chi connectivity index (χ2v) is 4.39. The van der Waals surface area contributed by atoms with Gasteiger partial charge in [0.2, 0.25) is 0 Å². The van der Waals surface area contributed by atoms with Crippen molar-refractivity contribution in [2.45, 2.75) is 6.92 Å². The minimum Gasteiger partial charge on any atom is -0.288 e. The van der Waals surface area contributed by atoms with Gasteiger partial charge < -0.3 is 0 Å². The zero-order chi connectivity index (χ0) is 14.2. The number of hydrogen-bond donors (Lipinski definition) is 0. The SMILES string of the molecule is Cc1c(Cl)cccc1C(=O)c1c(F)cc(F)cc1F. The Balaban J connectivity index is 2.60. The summed E-state index contributed by atoms with van der Waals surface area (Å²) >= 11 is 5.85. The number of ketones is 1. The first-order valence-electron chi connectivity index (χ1n) is 5.36. The Hall–Kier alpha value is -1.81. The Bertz CT molecular complexity index is 645. The van der Waals surface area contributed by atoms with Crippen molar-refractivity contribution in [2.75, 3.05) is 0 Å². The molecule has 0 aliphatic rings. The van der Waals surface area contributed by atoms with Gasteiger partial charge in [0.1, 0.15) is 17.5 Å². The molecule has 0 saturated carbocycles. The summed E-state index contributed by atoms with van der Waals surface area (Å²) in [5.74, 6) is -4.41. The van der Waals surface area contributed by atoms with Gasteiger partial charge in [-0.05, 0) is 18.6 Å². The van der Waals surface area contributed by atoms with Gasteiger partial charge in [0.15, 0.2) is 5.78 Å². The van der Waals surface area contributed by atoms with E-state index in [-0.39, 0.29) is 5.56 Å². The summed E-state index contributed by atoms with van der Waals surface area (Å²) in [5, 5.41) is 0.314. The van der Waals surface area contributed by atoms with Crippen molar-refractivity contribution in [1.82, 2.24) is 0 Å². The van der Waals surface area contributed by atoms with Crippen molar-refractivity contribution in [3.8, 4) is 0 Å². The van der Waals surface area contributed by atoms with Crippen molar-refractivity contribution in [3.05, 3.63) is 69.5 Å². The lowest BCUT2D eigenvalue weighted by Crippen LogP contribution is -2.10. The molecule has 0 heterocycles. The summed E-state index contributed by atoms with van der Waals surface area (Å²) in [7, 11) is 0. The highest BCUT2D eigenvalue weighted by molar-refractivity contribution is 6.32. The van der Waals surface area contributed by atoms with Crippen LogP contribution in [-0.4, -0.2) is 5.78 Å². The van der Waals surface area contributed by atoms with Gasteiger partial charge in [-0.25, -0.2) is 13.2 Å². The third-order valence-electron chi connectivity index (χ3n) is 2.75. The maximum Gasteiger partial charge on any atom is 0.199 e. The minimum atomic E-state index is -1.23. The molecule has 2 aromatic carbocycles. The van der Waals surface area contributed by atoms with Crippen LogP contribution < -0.4 is 0 Å². The first-order valence-corrected chi connectivity index (χ1v) is 5.74. The van der Waals surface area contributed by atoms with Crippen LogP contribution in [0.1, 0.15) is 21.5 Å². The number of carbonyl (C=O) groups is 1. The van der Waals surface area contributed by atoms with Crippen molar-refractivity contribution < 1.29 is 18.0 Å². The molecule has 0 bridgehead atoms. The molecule has 0 spiro atoms. The Morgan fingerprint density at radius 1 is 1.11 bits per heavy atom. The van der Waals surface area contributed by atoms with E-state index in [1.807, 2.05) is 0 Å². The molecule has 0 saturated heterocycles. The van der Waals surface area contributed by atoms with Gasteiger partial charge in [0, 0.05) is 22.7 Å². The first kappa shape index (κ1) is 13.6. The van der Waals surface area contributed by atoms with Crippen molar-refractivity contribution in [2.24, 2.45) is 0 Å². The molecule has 0 radical (unpaired) electrons. The molecule has 98 valence electrons. The van der Waals surface area contributed by atoms with Crippen molar-refractivity contribution in [3.63, 3.8) is 0 Å². The lowest BCUT2D eigenvalue weighted by atomic mass is 9.98. The molecule has 0 aliphatic heterocycles. The number of rotatable bonds is 2. The maximum absolute atomic E-state index is 13.5. The predicted octanol–water partition coefficient (Wildman–Crippen LogP) is 4.30. The van der Waals surface area contributed by atoms with E-state index >= 15 is 0 Å². The van der Waals surface area contributed by atoms with Crippen LogP contribution in [0.3, 0.4) is 0 Å².